The highest BCUT2D eigenvalue weighted by molar-refractivity contribution is 5.95. The Labute approximate surface area is 124 Å². The molecule has 5 heteroatoms. The van der Waals surface area contributed by atoms with Crippen molar-refractivity contribution in [3.63, 3.8) is 0 Å². The Morgan fingerprint density at radius 3 is 2.81 bits per heavy atom. The number of aromatic hydroxyl groups is 1. The molecule has 1 aromatic carbocycles. The van der Waals surface area contributed by atoms with E-state index in [0.717, 1.165) is 54.9 Å². The van der Waals surface area contributed by atoms with Crippen LogP contribution in [0.25, 0.3) is 10.8 Å². The van der Waals surface area contributed by atoms with Crippen molar-refractivity contribution in [3.8, 4) is 11.6 Å². The van der Waals surface area contributed by atoms with E-state index in [-0.39, 0.29) is 0 Å². The summed E-state index contributed by atoms with van der Waals surface area (Å²) in [7, 11) is 1.84. The highest BCUT2D eigenvalue weighted by Gasteiger charge is 2.14. The van der Waals surface area contributed by atoms with Gasteiger partial charge in [0.2, 0.25) is 0 Å². The summed E-state index contributed by atoms with van der Waals surface area (Å²) in [5.41, 5.74) is 1.06. The summed E-state index contributed by atoms with van der Waals surface area (Å²) < 4.78 is 13.0. The van der Waals surface area contributed by atoms with Crippen LogP contribution in [0.3, 0.4) is 0 Å². The Morgan fingerprint density at radius 1 is 1.29 bits per heavy atom. The van der Waals surface area contributed by atoms with Gasteiger partial charge < -0.3 is 19.1 Å². The Balaban J connectivity index is 1.72. The Bertz CT molecular complexity index is 630. The molecule has 0 spiro atoms. The highest BCUT2D eigenvalue weighted by Crippen LogP contribution is 2.35. The molecular weight excluding hydrogens is 268 g/mol. The number of ether oxygens (including phenoxy) is 2. The first-order valence-corrected chi connectivity index (χ1v) is 7.37. The number of nitrogens with zero attached hydrogens (tertiary/aromatic N) is 2. The van der Waals surface area contributed by atoms with E-state index in [1.54, 1.807) is 4.57 Å². The molecule has 0 aliphatic carbocycles. The van der Waals surface area contributed by atoms with E-state index in [4.69, 9.17) is 9.47 Å². The summed E-state index contributed by atoms with van der Waals surface area (Å²) in [6, 6.07) is 3.97. The molecule has 0 saturated carbocycles. The first kappa shape index (κ1) is 14.2. The van der Waals surface area contributed by atoms with E-state index in [9.17, 15) is 5.11 Å². The second-order valence-corrected chi connectivity index (χ2v) is 5.54. The highest BCUT2D eigenvalue weighted by atomic mass is 16.5. The summed E-state index contributed by atoms with van der Waals surface area (Å²) in [6.07, 6.45) is 1.92. The van der Waals surface area contributed by atoms with Crippen molar-refractivity contribution in [2.24, 2.45) is 7.05 Å². The monoisotopic (exact) mass is 290 g/mol. The molecule has 0 atom stereocenters. The zero-order chi connectivity index (χ0) is 14.8. The molecule has 1 fully saturated rings. The van der Waals surface area contributed by atoms with Crippen molar-refractivity contribution in [2.45, 2.75) is 6.92 Å². The number of rotatable bonds is 4. The molecule has 1 aliphatic heterocycles. The van der Waals surface area contributed by atoms with Gasteiger partial charge in [-0.3, -0.25) is 4.90 Å². The average molecular weight is 290 g/mol. The third kappa shape index (κ3) is 2.84. The molecule has 0 radical (unpaired) electrons. The summed E-state index contributed by atoms with van der Waals surface area (Å²) >= 11 is 0. The maximum atomic E-state index is 10.1. The second kappa shape index (κ2) is 5.95. The number of hydrogen-bond acceptors (Lipinski definition) is 4. The number of fused-ring (bicyclic) bond motifs is 1. The van der Waals surface area contributed by atoms with Crippen molar-refractivity contribution in [2.75, 3.05) is 39.5 Å². The lowest BCUT2D eigenvalue weighted by Crippen LogP contribution is -2.38. The number of aromatic nitrogens is 1. The van der Waals surface area contributed by atoms with Crippen LogP contribution in [0.15, 0.2) is 18.3 Å². The van der Waals surface area contributed by atoms with Gasteiger partial charge in [0.15, 0.2) is 5.88 Å². The molecule has 114 valence electrons. The van der Waals surface area contributed by atoms with Crippen molar-refractivity contribution in [3.05, 3.63) is 23.9 Å². The molecule has 0 unspecified atom stereocenters. The number of benzene rings is 1. The minimum atomic E-state index is 0.293. The van der Waals surface area contributed by atoms with E-state index in [2.05, 4.69) is 4.90 Å². The Kier molecular flexibility index (Phi) is 4.03. The summed E-state index contributed by atoms with van der Waals surface area (Å²) in [5, 5.41) is 12.0. The van der Waals surface area contributed by atoms with Crippen molar-refractivity contribution >= 4 is 10.8 Å². The molecule has 2 heterocycles. The zero-order valence-electron chi connectivity index (χ0n) is 12.6. The minimum absolute atomic E-state index is 0.293. The van der Waals surface area contributed by atoms with Crippen molar-refractivity contribution < 1.29 is 14.6 Å². The fourth-order valence-corrected chi connectivity index (χ4v) is 2.80. The third-order valence-corrected chi connectivity index (χ3v) is 4.06. The van der Waals surface area contributed by atoms with Gasteiger partial charge in [-0.25, -0.2) is 0 Å². The maximum absolute atomic E-state index is 10.1. The lowest BCUT2D eigenvalue weighted by Gasteiger charge is -2.26. The van der Waals surface area contributed by atoms with Crippen LogP contribution in [0.1, 0.15) is 5.56 Å². The SMILES string of the molecule is Cc1ccc(OCCN2CCOCC2)c2cn(C)c(O)c12. The molecular formula is C16H22N2O3. The van der Waals surface area contributed by atoms with Crippen LogP contribution in [0, 0.1) is 6.92 Å². The largest absolute Gasteiger partial charge is 0.494 e. The van der Waals surface area contributed by atoms with Gasteiger partial charge in [-0.2, -0.15) is 0 Å². The van der Waals surface area contributed by atoms with Crippen molar-refractivity contribution in [1.82, 2.24) is 9.47 Å². The van der Waals surface area contributed by atoms with Crippen molar-refractivity contribution in [1.29, 1.82) is 0 Å². The number of morpholine rings is 1. The third-order valence-electron chi connectivity index (χ3n) is 4.06. The molecule has 1 saturated heterocycles. The van der Waals surface area contributed by atoms with Gasteiger partial charge in [-0.05, 0) is 18.6 Å². The van der Waals surface area contributed by atoms with Gasteiger partial charge in [0.05, 0.1) is 18.6 Å². The summed E-state index contributed by atoms with van der Waals surface area (Å²) in [5.74, 6) is 1.13. The zero-order valence-corrected chi connectivity index (χ0v) is 12.6. The van der Waals surface area contributed by atoms with Gasteiger partial charge >= 0.3 is 0 Å². The first-order valence-electron chi connectivity index (χ1n) is 7.37. The fourth-order valence-electron chi connectivity index (χ4n) is 2.80. The standard InChI is InChI=1S/C16H22N2O3/c1-12-3-4-14(13-11-17(2)16(19)15(12)13)21-10-7-18-5-8-20-9-6-18/h3-4,11,19H,5-10H2,1-2H3. The van der Waals surface area contributed by atoms with Gasteiger partial charge in [-0.15, -0.1) is 0 Å². The van der Waals surface area contributed by atoms with E-state index in [0.29, 0.717) is 12.5 Å². The van der Waals surface area contributed by atoms with Crippen LogP contribution in [0.5, 0.6) is 11.6 Å². The quantitative estimate of drug-likeness (QED) is 0.934. The second-order valence-electron chi connectivity index (χ2n) is 5.54. The van der Waals surface area contributed by atoms with Crippen LogP contribution < -0.4 is 4.74 Å². The summed E-state index contributed by atoms with van der Waals surface area (Å²) in [4.78, 5) is 2.34. The Hall–Kier alpha value is -1.72. The van der Waals surface area contributed by atoms with Gasteiger partial charge in [-0.1, -0.05) is 6.07 Å². The van der Waals surface area contributed by atoms with E-state index < -0.39 is 0 Å². The molecule has 5 nitrogen and oxygen atoms in total. The minimum Gasteiger partial charge on any atom is -0.494 e. The number of aryl methyl sites for hydroxylation is 2. The molecule has 1 aliphatic rings. The molecule has 0 bridgehead atoms. The predicted octanol–water partition coefficient (Wildman–Crippen LogP) is 1.90. The van der Waals surface area contributed by atoms with E-state index in [1.807, 2.05) is 32.3 Å². The van der Waals surface area contributed by atoms with E-state index >= 15 is 0 Å². The van der Waals surface area contributed by atoms with Gasteiger partial charge in [0.1, 0.15) is 12.4 Å². The lowest BCUT2D eigenvalue weighted by atomic mass is 10.1. The molecule has 1 aromatic heterocycles. The summed E-state index contributed by atoms with van der Waals surface area (Å²) in [6.45, 7) is 7.10. The maximum Gasteiger partial charge on any atom is 0.199 e. The van der Waals surface area contributed by atoms with Gasteiger partial charge in [0.25, 0.3) is 0 Å². The normalized spacial score (nSPS) is 16.5. The molecule has 2 aromatic rings. The topological polar surface area (TPSA) is 46.9 Å². The lowest BCUT2D eigenvalue weighted by molar-refractivity contribution is 0.0323. The predicted molar refractivity (Wildman–Crippen MR) is 82.1 cm³/mol. The van der Waals surface area contributed by atoms with Crippen LogP contribution in [0.4, 0.5) is 0 Å². The average Bonchev–Trinajstić information content (AvgIpc) is 2.79. The first-order chi connectivity index (χ1) is 10.2. The molecule has 21 heavy (non-hydrogen) atoms. The van der Waals surface area contributed by atoms with Crippen LogP contribution >= 0.6 is 0 Å². The Morgan fingerprint density at radius 2 is 2.05 bits per heavy atom. The van der Waals surface area contributed by atoms with Crippen LogP contribution in [-0.4, -0.2) is 54.0 Å². The molecule has 0 amide bonds. The van der Waals surface area contributed by atoms with E-state index in [1.165, 1.54) is 0 Å². The van der Waals surface area contributed by atoms with Crippen LogP contribution in [0.2, 0.25) is 0 Å². The van der Waals surface area contributed by atoms with Gasteiger partial charge in [0, 0.05) is 38.3 Å². The van der Waals surface area contributed by atoms with Crippen LogP contribution in [-0.2, 0) is 11.8 Å². The number of hydrogen-bond donors (Lipinski definition) is 1. The molecule has 3 rings (SSSR count). The molecule has 1 N–H and O–H groups in total. The fraction of sp³-hybridized carbons (Fsp3) is 0.500. The smallest absolute Gasteiger partial charge is 0.199 e.